The number of nitrogens with zero attached hydrogens (tertiary/aromatic N) is 3. The molecular formula is C25H24N4O2. The standard InChI is InChI=1S/C25H24N4O2/c1-16(19-6-7-19)18-4-2-17(3-5-18)14-27-20-8-10-21(11-9-20)31-25-28-23-15-26-13-12-22(23)24(30)29-25/h2-5,8-13,15-16,19,27H,6-7,14H2,1H3,(H,28,29,30). The molecule has 2 N–H and O–H groups in total. The fraction of sp³-hybridized carbons (Fsp3) is 0.240. The average Bonchev–Trinajstić information content (AvgIpc) is 3.64. The molecule has 5 rings (SSSR count). The lowest BCUT2D eigenvalue weighted by molar-refractivity contribution is 0.412. The van der Waals surface area contributed by atoms with Crippen molar-refractivity contribution in [1.29, 1.82) is 0 Å². The maximum atomic E-state index is 10.1. The summed E-state index contributed by atoms with van der Waals surface area (Å²) < 4.78 is 5.71. The zero-order valence-corrected chi connectivity index (χ0v) is 17.3. The number of nitrogens with one attached hydrogen (secondary N) is 1. The molecule has 0 aliphatic heterocycles. The van der Waals surface area contributed by atoms with E-state index in [-0.39, 0.29) is 11.9 Å². The van der Waals surface area contributed by atoms with Gasteiger partial charge in [0, 0.05) is 18.4 Å². The molecule has 6 nitrogen and oxygen atoms in total. The molecule has 1 atom stereocenters. The predicted octanol–water partition coefficient (Wildman–Crippen LogP) is 5.65. The van der Waals surface area contributed by atoms with E-state index in [9.17, 15) is 5.11 Å². The summed E-state index contributed by atoms with van der Waals surface area (Å²) in [6.07, 6.45) is 5.89. The van der Waals surface area contributed by atoms with Crippen LogP contribution in [0.3, 0.4) is 0 Å². The van der Waals surface area contributed by atoms with Crippen molar-refractivity contribution in [1.82, 2.24) is 15.0 Å². The Morgan fingerprint density at radius 1 is 1.03 bits per heavy atom. The Bertz CT molecular complexity index is 1190. The molecule has 0 saturated heterocycles. The normalized spacial score (nSPS) is 14.4. The molecular weight excluding hydrogens is 388 g/mol. The van der Waals surface area contributed by atoms with Crippen LogP contribution in [0, 0.1) is 5.92 Å². The van der Waals surface area contributed by atoms with Crippen LogP contribution >= 0.6 is 0 Å². The maximum absolute atomic E-state index is 10.1. The molecule has 4 aromatic rings. The average molecular weight is 412 g/mol. The first-order valence-electron chi connectivity index (χ1n) is 10.6. The SMILES string of the molecule is CC(c1ccc(CNc2ccc(Oc3nc(O)c4ccncc4n3)cc2)cc1)C1CC1. The number of fused-ring (bicyclic) bond motifs is 1. The summed E-state index contributed by atoms with van der Waals surface area (Å²) in [4.78, 5) is 12.3. The highest BCUT2D eigenvalue weighted by Crippen LogP contribution is 2.42. The highest BCUT2D eigenvalue weighted by Gasteiger charge is 2.28. The number of pyridine rings is 1. The van der Waals surface area contributed by atoms with Crippen LogP contribution in [0.15, 0.2) is 67.0 Å². The molecule has 0 spiro atoms. The van der Waals surface area contributed by atoms with Crippen molar-refractivity contribution < 1.29 is 9.84 Å². The Balaban J connectivity index is 1.20. The third-order valence-corrected chi connectivity index (χ3v) is 5.85. The van der Waals surface area contributed by atoms with Gasteiger partial charge in [-0.2, -0.15) is 9.97 Å². The van der Waals surface area contributed by atoms with Crippen LogP contribution in [-0.2, 0) is 6.54 Å². The Morgan fingerprint density at radius 2 is 1.81 bits per heavy atom. The van der Waals surface area contributed by atoms with Gasteiger partial charge in [0.05, 0.1) is 17.1 Å². The lowest BCUT2D eigenvalue weighted by atomic mass is 9.95. The van der Waals surface area contributed by atoms with E-state index in [0.29, 0.717) is 22.6 Å². The minimum absolute atomic E-state index is 0.0826. The first-order valence-corrected chi connectivity index (χ1v) is 10.6. The van der Waals surface area contributed by atoms with Gasteiger partial charge in [-0.05, 0) is 66.1 Å². The fourth-order valence-electron chi connectivity index (χ4n) is 3.75. The summed E-state index contributed by atoms with van der Waals surface area (Å²) in [6, 6.07) is 18.2. The summed E-state index contributed by atoms with van der Waals surface area (Å²) in [5.41, 5.74) is 4.21. The van der Waals surface area contributed by atoms with Crippen molar-refractivity contribution in [2.24, 2.45) is 5.92 Å². The summed E-state index contributed by atoms with van der Waals surface area (Å²) in [7, 11) is 0. The Hall–Kier alpha value is -3.67. The van der Waals surface area contributed by atoms with Crippen LogP contribution in [0.2, 0.25) is 0 Å². The van der Waals surface area contributed by atoms with Gasteiger partial charge in [0.2, 0.25) is 5.88 Å². The highest BCUT2D eigenvalue weighted by molar-refractivity contribution is 5.82. The van der Waals surface area contributed by atoms with Gasteiger partial charge in [-0.15, -0.1) is 0 Å². The Labute approximate surface area is 181 Å². The number of anilines is 1. The molecule has 1 saturated carbocycles. The van der Waals surface area contributed by atoms with Gasteiger partial charge < -0.3 is 15.2 Å². The molecule has 2 heterocycles. The van der Waals surface area contributed by atoms with Crippen molar-refractivity contribution >= 4 is 16.6 Å². The zero-order valence-electron chi connectivity index (χ0n) is 17.3. The van der Waals surface area contributed by atoms with E-state index in [0.717, 1.165) is 18.2 Å². The molecule has 0 radical (unpaired) electrons. The first-order chi connectivity index (χ1) is 15.2. The molecule has 1 aliphatic carbocycles. The Morgan fingerprint density at radius 3 is 2.55 bits per heavy atom. The lowest BCUT2D eigenvalue weighted by Gasteiger charge is -2.12. The molecule has 2 aromatic heterocycles. The number of rotatable bonds is 7. The van der Waals surface area contributed by atoms with Gasteiger partial charge in [0.1, 0.15) is 5.75 Å². The second kappa shape index (κ2) is 8.22. The van der Waals surface area contributed by atoms with E-state index < -0.39 is 0 Å². The van der Waals surface area contributed by atoms with Gasteiger partial charge in [0.25, 0.3) is 0 Å². The third kappa shape index (κ3) is 4.43. The molecule has 1 fully saturated rings. The van der Waals surface area contributed by atoms with E-state index in [1.165, 1.54) is 24.0 Å². The Kier molecular flexibility index (Phi) is 5.12. The number of benzene rings is 2. The van der Waals surface area contributed by atoms with Gasteiger partial charge in [-0.3, -0.25) is 4.98 Å². The number of aromatic hydroxyl groups is 1. The second-order valence-corrected chi connectivity index (χ2v) is 8.07. The first kappa shape index (κ1) is 19.3. The molecule has 0 amide bonds. The molecule has 6 heteroatoms. The van der Waals surface area contributed by atoms with E-state index in [4.69, 9.17) is 4.74 Å². The van der Waals surface area contributed by atoms with Crippen LogP contribution in [-0.4, -0.2) is 20.1 Å². The van der Waals surface area contributed by atoms with E-state index in [1.807, 2.05) is 24.3 Å². The minimum atomic E-state index is -0.127. The number of aromatic nitrogens is 3. The van der Waals surface area contributed by atoms with E-state index in [2.05, 4.69) is 51.5 Å². The lowest BCUT2D eigenvalue weighted by Crippen LogP contribution is -2.01. The van der Waals surface area contributed by atoms with Crippen molar-refractivity contribution in [2.75, 3.05) is 5.32 Å². The van der Waals surface area contributed by atoms with Crippen LogP contribution in [0.5, 0.6) is 17.6 Å². The quantitative estimate of drug-likeness (QED) is 0.408. The molecule has 1 aliphatic rings. The topological polar surface area (TPSA) is 80.2 Å². The van der Waals surface area contributed by atoms with Crippen LogP contribution in [0.25, 0.3) is 10.9 Å². The minimum Gasteiger partial charge on any atom is -0.493 e. The van der Waals surface area contributed by atoms with Gasteiger partial charge >= 0.3 is 6.01 Å². The predicted molar refractivity (Wildman–Crippen MR) is 120 cm³/mol. The van der Waals surface area contributed by atoms with Crippen molar-refractivity contribution in [3.05, 3.63) is 78.1 Å². The summed E-state index contributed by atoms with van der Waals surface area (Å²) in [5.74, 6) is 2.01. The van der Waals surface area contributed by atoms with Gasteiger partial charge in [-0.25, -0.2) is 0 Å². The number of hydrogen-bond donors (Lipinski definition) is 2. The van der Waals surface area contributed by atoms with E-state index in [1.54, 1.807) is 18.5 Å². The van der Waals surface area contributed by atoms with Crippen molar-refractivity contribution in [2.45, 2.75) is 32.2 Å². The number of ether oxygens (including phenoxy) is 1. The maximum Gasteiger partial charge on any atom is 0.325 e. The molecule has 1 unspecified atom stereocenters. The van der Waals surface area contributed by atoms with E-state index >= 15 is 0 Å². The summed E-state index contributed by atoms with van der Waals surface area (Å²) in [5, 5.41) is 14.0. The smallest absolute Gasteiger partial charge is 0.325 e. The monoisotopic (exact) mass is 412 g/mol. The summed E-state index contributed by atoms with van der Waals surface area (Å²) >= 11 is 0. The van der Waals surface area contributed by atoms with Crippen LogP contribution in [0.1, 0.15) is 36.8 Å². The molecule has 2 aromatic carbocycles. The zero-order chi connectivity index (χ0) is 21.2. The van der Waals surface area contributed by atoms with Crippen molar-refractivity contribution in [3.8, 4) is 17.6 Å². The van der Waals surface area contributed by atoms with Crippen molar-refractivity contribution in [3.63, 3.8) is 0 Å². The molecule has 0 bridgehead atoms. The summed E-state index contributed by atoms with van der Waals surface area (Å²) in [6.45, 7) is 3.09. The highest BCUT2D eigenvalue weighted by atomic mass is 16.5. The molecule has 31 heavy (non-hydrogen) atoms. The second-order valence-electron chi connectivity index (χ2n) is 8.07. The van der Waals surface area contributed by atoms with Crippen LogP contribution in [0.4, 0.5) is 5.69 Å². The fourth-order valence-corrected chi connectivity index (χ4v) is 3.75. The van der Waals surface area contributed by atoms with Gasteiger partial charge in [0.15, 0.2) is 0 Å². The third-order valence-electron chi connectivity index (χ3n) is 5.85. The largest absolute Gasteiger partial charge is 0.493 e. The molecule has 156 valence electrons. The van der Waals surface area contributed by atoms with Crippen LogP contribution < -0.4 is 10.1 Å². The number of hydrogen-bond acceptors (Lipinski definition) is 6. The van der Waals surface area contributed by atoms with Gasteiger partial charge in [-0.1, -0.05) is 31.2 Å².